The third-order valence-electron chi connectivity index (χ3n) is 5.93. The van der Waals surface area contributed by atoms with Crippen LogP contribution in [0.4, 0.5) is 14.5 Å². The van der Waals surface area contributed by atoms with Crippen LogP contribution in [0, 0.1) is 18.6 Å². The van der Waals surface area contributed by atoms with Gasteiger partial charge < -0.3 is 14.6 Å². The van der Waals surface area contributed by atoms with Gasteiger partial charge in [0, 0.05) is 17.8 Å². The average Bonchev–Trinajstić information content (AvgIpc) is 3.11. The first-order chi connectivity index (χ1) is 17.3. The van der Waals surface area contributed by atoms with Crippen molar-refractivity contribution in [2.45, 2.75) is 26.8 Å². The molecule has 186 valence electrons. The van der Waals surface area contributed by atoms with Gasteiger partial charge in [-0.25, -0.2) is 8.78 Å². The maximum absolute atomic E-state index is 14.1. The Morgan fingerprint density at radius 2 is 1.67 bits per heavy atom. The second-order valence-corrected chi connectivity index (χ2v) is 8.15. The predicted molar refractivity (Wildman–Crippen MR) is 131 cm³/mol. The van der Waals surface area contributed by atoms with Crippen LogP contribution in [0.5, 0.6) is 11.5 Å². The van der Waals surface area contributed by atoms with Gasteiger partial charge in [-0.15, -0.1) is 0 Å². The number of ketones is 1. The summed E-state index contributed by atoms with van der Waals surface area (Å²) >= 11 is 0. The Labute approximate surface area is 207 Å². The topological polar surface area (TPSA) is 76.1 Å². The van der Waals surface area contributed by atoms with Crippen molar-refractivity contribution in [3.63, 3.8) is 0 Å². The Balaban J connectivity index is 1.97. The number of benzene rings is 3. The number of carbonyl (C=O) groups excluding carboxylic acids is 2. The molecule has 1 fully saturated rings. The summed E-state index contributed by atoms with van der Waals surface area (Å²) in [5, 5.41) is 11.4. The minimum absolute atomic E-state index is 0.0139. The number of nitrogens with zero attached hydrogens (tertiary/aromatic N) is 1. The molecule has 1 atom stereocenters. The number of aryl methyl sites for hydroxylation is 1. The van der Waals surface area contributed by atoms with Gasteiger partial charge in [0.25, 0.3) is 11.7 Å². The highest BCUT2D eigenvalue weighted by atomic mass is 19.2. The fourth-order valence-corrected chi connectivity index (χ4v) is 4.30. The highest BCUT2D eigenvalue weighted by Gasteiger charge is 2.47. The van der Waals surface area contributed by atoms with Crippen LogP contribution in [-0.2, 0) is 9.59 Å². The van der Waals surface area contributed by atoms with Crippen LogP contribution in [0.15, 0.2) is 66.2 Å². The van der Waals surface area contributed by atoms with Crippen molar-refractivity contribution >= 4 is 23.1 Å². The van der Waals surface area contributed by atoms with Gasteiger partial charge in [-0.1, -0.05) is 24.3 Å². The van der Waals surface area contributed by atoms with Crippen LogP contribution in [0.2, 0.25) is 0 Å². The van der Waals surface area contributed by atoms with E-state index in [0.29, 0.717) is 17.9 Å². The molecule has 1 unspecified atom stereocenters. The summed E-state index contributed by atoms with van der Waals surface area (Å²) in [6, 6.07) is 13.7. The molecule has 1 aliphatic heterocycles. The first kappa shape index (κ1) is 24.9. The standard InChI is InChI=1S/C28H25F2NO5/c1-4-35-18-11-12-20(23(15-18)36-5-2)26(32)24-25(19-9-7-6-8-16(19)3)31(28(34)27(24)33)17-10-13-21(29)22(30)14-17/h6-15,25,32H,4-5H2,1-3H3/b26-24+. The van der Waals surface area contributed by atoms with Gasteiger partial charge in [-0.2, -0.15) is 0 Å². The minimum Gasteiger partial charge on any atom is -0.507 e. The molecule has 0 aromatic heterocycles. The number of aliphatic hydroxyl groups excluding tert-OH is 1. The Morgan fingerprint density at radius 1 is 0.944 bits per heavy atom. The van der Waals surface area contributed by atoms with E-state index in [0.717, 1.165) is 22.6 Å². The van der Waals surface area contributed by atoms with E-state index < -0.39 is 35.1 Å². The molecule has 36 heavy (non-hydrogen) atoms. The van der Waals surface area contributed by atoms with Gasteiger partial charge in [0.2, 0.25) is 0 Å². The molecular weight excluding hydrogens is 468 g/mol. The fourth-order valence-electron chi connectivity index (χ4n) is 4.30. The number of Topliss-reactive ketones (excluding diaryl/α,β-unsaturated/α-hetero) is 1. The van der Waals surface area contributed by atoms with E-state index in [4.69, 9.17) is 9.47 Å². The lowest BCUT2D eigenvalue weighted by Crippen LogP contribution is -2.30. The monoisotopic (exact) mass is 493 g/mol. The van der Waals surface area contributed by atoms with E-state index in [2.05, 4.69) is 0 Å². The van der Waals surface area contributed by atoms with E-state index in [-0.39, 0.29) is 29.2 Å². The van der Waals surface area contributed by atoms with Crippen molar-refractivity contribution < 1.29 is 33.0 Å². The SMILES string of the molecule is CCOc1ccc(/C(O)=C2\C(=O)C(=O)N(c3ccc(F)c(F)c3)C2c2ccccc2C)c(OCC)c1. The lowest BCUT2D eigenvalue weighted by atomic mass is 9.92. The zero-order chi connectivity index (χ0) is 26.0. The maximum Gasteiger partial charge on any atom is 0.300 e. The van der Waals surface area contributed by atoms with Crippen LogP contribution >= 0.6 is 0 Å². The Kier molecular flexibility index (Phi) is 7.05. The molecule has 8 heteroatoms. The summed E-state index contributed by atoms with van der Waals surface area (Å²) in [5.41, 5.74) is 1.28. The van der Waals surface area contributed by atoms with Crippen molar-refractivity contribution in [2.75, 3.05) is 18.1 Å². The van der Waals surface area contributed by atoms with E-state index >= 15 is 0 Å². The molecule has 0 radical (unpaired) electrons. The highest BCUT2D eigenvalue weighted by molar-refractivity contribution is 6.51. The molecule has 1 heterocycles. The van der Waals surface area contributed by atoms with Crippen LogP contribution in [0.25, 0.3) is 5.76 Å². The van der Waals surface area contributed by atoms with E-state index in [1.165, 1.54) is 6.07 Å². The molecule has 0 aliphatic carbocycles. The Hall–Kier alpha value is -4.20. The third kappa shape index (κ3) is 4.42. The lowest BCUT2D eigenvalue weighted by molar-refractivity contribution is -0.132. The van der Waals surface area contributed by atoms with Crippen molar-refractivity contribution in [3.05, 3.63) is 94.6 Å². The van der Waals surface area contributed by atoms with Crippen molar-refractivity contribution in [1.29, 1.82) is 0 Å². The van der Waals surface area contributed by atoms with Gasteiger partial charge in [-0.05, 0) is 56.2 Å². The summed E-state index contributed by atoms with van der Waals surface area (Å²) in [6.45, 7) is 6.09. The van der Waals surface area contributed by atoms with Gasteiger partial charge in [0.1, 0.15) is 17.3 Å². The summed E-state index contributed by atoms with van der Waals surface area (Å²) in [5.74, 6) is -3.85. The van der Waals surface area contributed by atoms with E-state index in [1.807, 2.05) is 6.92 Å². The second kappa shape index (κ2) is 10.2. The largest absolute Gasteiger partial charge is 0.507 e. The van der Waals surface area contributed by atoms with Crippen LogP contribution in [0.3, 0.4) is 0 Å². The molecule has 0 bridgehead atoms. The van der Waals surface area contributed by atoms with E-state index in [9.17, 15) is 23.5 Å². The minimum atomic E-state index is -1.16. The molecular formula is C28H25F2NO5. The number of halogens is 2. The first-order valence-electron chi connectivity index (χ1n) is 11.5. The number of amides is 1. The molecule has 1 N–H and O–H groups in total. The molecule has 6 nitrogen and oxygen atoms in total. The number of hydrogen-bond acceptors (Lipinski definition) is 5. The molecule has 0 saturated carbocycles. The predicted octanol–water partition coefficient (Wildman–Crippen LogP) is 5.70. The number of anilines is 1. The molecule has 1 aliphatic rings. The quantitative estimate of drug-likeness (QED) is 0.260. The summed E-state index contributed by atoms with van der Waals surface area (Å²) < 4.78 is 39.0. The lowest BCUT2D eigenvalue weighted by Gasteiger charge is -2.27. The molecule has 3 aromatic carbocycles. The molecule has 1 saturated heterocycles. The van der Waals surface area contributed by atoms with Crippen molar-refractivity contribution in [1.82, 2.24) is 0 Å². The molecule has 0 spiro atoms. The zero-order valence-corrected chi connectivity index (χ0v) is 20.0. The summed E-state index contributed by atoms with van der Waals surface area (Å²) in [4.78, 5) is 27.7. The van der Waals surface area contributed by atoms with Gasteiger partial charge >= 0.3 is 0 Å². The normalized spacial score (nSPS) is 16.9. The molecule has 4 rings (SSSR count). The van der Waals surface area contributed by atoms with Crippen molar-refractivity contribution in [2.24, 2.45) is 0 Å². The van der Waals surface area contributed by atoms with Crippen LogP contribution in [-0.4, -0.2) is 30.0 Å². The van der Waals surface area contributed by atoms with Gasteiger partial charge in [0.05, 0.1) is 30.4 Å². The third-order valence-corrected chi connectivity index (χ3v) is 5.93. The number of ether oxygens (including phenoxy) is 2. The first-order valence-corrected chi connectivity index (χ1v) is 11.5. The van der Waals surface area contributed by atoms with Crippen LogP contribution in [0.1, 0.15) is 36.6 Å². The Bertz CT molecular complexity index is 1370. The van der Waals surface area contributed by atoms with E-state index in [1.54, 1.807) is 56.3 Å². The maximum atomic E-state index is 14.1. The molecule has 1 amide bonds. The highest BCUT2D eigenvalue weighted by Crippen LogP contribution is 2.44. The van der Waals surface area contributed by atoms with Crippen LogP contribution < -0.4 is 14.4 Å². The summed E-state index contributed by atoms with van der Waals surface area (Å²) in [7, 11) is 0. The van der Waals surface area contributed by atoms with Gasteiger partial charge in [-0.3, -0.25) is 14.5 Å². The summed E-state index contributed by atoms with van der Waals surface area (Å²) in [6.07, 6.45) is 0. The number of aliphatic hydroxyl groups is 1. The number of carbonyl (C=O) groups is 2. The Morgan fingerprint density at radius 3 is 2.33 bits per heavy atom. The second-order valence-electron chi connectivity index (χ2n) is 8.15. The number of rotatable bonds is 7. The van der Waals surface area contributed by atoms with Gasteiger partial charge in [0.15, 0.2) is 11.6 Å². The zero-order valence-electron chi connectivity index (χ0n) is 20.0. The smallest absolute Gasteiger partial charge is 0.300 e. The molecule has 3 aromatic rings. The average molecular weight is 494 g/mol. The number of hydrogen-bond donors (Lipinski definition) is 1. The van der Waals surface area contributed by atoms with Crippen molar-refractivity contribution in [3.8, 4) is 11.5 Å². The fraction of sp³-hybridized carbons (Fsp3) is 0.214.